The normalized spacial score (nSPS) is 15.9. The Morgan fingerprint density at radius 1 is 1.09 bits per heavy atom. The Hall–Kier alpha value is -3.49. The summed E-state index contributed by atoms with van der Waals surface area (Å²) in [4.78, 5) is 18.6. The van der Waals surface area contributed by atoms with E-state index in [2.05, 4.69) is 50.1 Å². The van der Waals surface area contributed by atoms with Gasteiger partial charge in [0, 0.05) is 61.1 Å². The zero-order valence-corrected chi connectivity index (χ0v) is 18.5. The Labute approximate surface area is 188 Å². The number of anilines is 3. The average Bonchev–Trinajstić information content (AvgIpc) is 3.14. The van der Waals surface area contributed by atoms with E-state index in [0.29, 0.717) is 12.0 Å². The molecular weight excluding hydrogens is 400 g/mol. The number of nitrogens with zero attached hydrogens (tertiary/aromatic N) is 5. The summed E-state index contributed by atoms with van der Waals surface area (Å²) in [5.41, 5.74) is 10.1. The molecule has 2 aliphatic heterocycles. The van der Waals surface area contributed by atoms with Crippen LogP contribution in [0.4, 0.5) is 17.5 Å². The van der Waals surface area contributed by atoms with Crippen LogP contribution >= 0.6 is 0 Å². The van der Waals surface area contributed by atoms with Gasteiger partial charge in [-0.25, -0.2) is 15.0 Å². The number of hydrogen-bond acceptors (Lipinski definition) is 8. The van der Waals surface area contributed by atoms with Crippen LogP contribution in [-0.4, -0.2) is 43.9 Å². The largest absolute Gasteiger partial charge is 0.368 e. The standard InChI is InChI=1S/C24H28N8/c1-15-8-16(2)27-23(9-15)29-24-26-10-19-11-32(14-22(19)28-24)21-12-31(13-21)17(3)18-4-6-20(30-25)7-5-18/h4-10,21,30H,3,11-14,25H2,1-2H3,(H,26,27,28,29). The van der Waals surface area contributed by atoms with E-state index in [1.807, 2.05) is 43.5 Å². The number of benzene rings is 1. The number of likely N-dealkylation sites (tertiary alicyclic amines) is 1. The summed E-state index contributed by atoms with van der Waals surface area (Å²) in [6.07, 6.45) is 1.94. The maximum atomic E-state index is 5.45. The number of fused-ring (bicyclic) bond motifs is 1. The Balaban J connectivity index is 1.19. The SMILES string of the molecule is C=C(c1ccc(NN)cc1)N1CC(N2Cc3cnc(Nc4cc(C)cc(C)n4)nc3C2)C1. The number of pyridine rings is 1. The predicted molar refractivity (Wildman–Crippen MR) is 127 cm³/mol. The molecule has 0 aliphatic carbocycles. The fourth-order valence-electron chi connectivity index (χ4n) is 4.36. The van der Waals surface area contributed by atoms with Crippen LogP contribution in [0.15, 0.2) is 49.2 Å². The van der Waals surface area contributed by atoms with Crippen molar-refractivity contribution in [3.63, 3.8) is 0 Å². The van der Waals surface area contributed by atoms with Crippen LogP contribution < -0.4 is 16.6 Å². The molecule has 0 bridgehead atoms. The molecule has 164 valence electrons. The summed E-state index contributed by atoms with van der Waals surface area (Å²) in [5, 5.41) is 3.25. The zero-order chi connectivity index (χ0) is 22.2. The zero-order valence-electron chi connectivity index (χ0n) is 18.5. The van der Waals surface area contributed by atoms with Gasteiger partial charge in [-0.1, -0.05) is 18.7 Å². The first-order valence-electron chi connectivity index (χ1n) is 10.8. The van der Waals surface area contributed by atoms with Crippen LogP contribution in [-0.2, 0) is 13.1 Å². The van der Waals surface area contributed by atoms with Crippen molar-refractivity contribution in [2.75, 3.05) is 23.8 Å². The smallest absolute Gasteiger partial charge is 0.228 e. The van der Waals surface area contributed by atoms with Crippen molar-refractivity contribution in [1.82, 2.24) is 24.8 Å². The van der Waals surface area contributed by atoms with Crippen LogP contribution in [0.3, 0.4) is 0 Å². The molecule has 1 saturated heterocycles. The lowest BCUT2D eigenvalue weighted by atomic mass is 10.0. The number of nitrogen functional groups attached to an aromatic ring is 1. The molecule has 1 aromatic carbocycles. The quantitative estimate of drug-likeness (QED) is 0.407. The van der Waals surface area contributed by atoms with Crippen molar-refractivity contribution >= 4 is 23.2 Å². The van der Waals surface area contributed by atoms with Gasteiger partial charge in [0.05, 0.1) is 5.69 Å². The van der Waals surface area contributed by atoms with Crippen molar-refractivity contribution in [3.05, 3.63) is 77.3 Å². The topological polar surface area (TPSA) is 95.2 Å². The highest BCUT2D eigenvalue weighted by atomic mass is 15.3. The Bertz CT molecular complexity index is 1130. The third-order valence-corrected chi connectivity index (χ3v) is 6.16. The first-order chi connectivity index (χ1) is 15.5. The molecule has 5 rings (SSSR count). The summed E-state index contributed by atoms with van der Waals surface area (Å²) in [6, 6.07) is 12.6. The van der Waals surface area contributed by atoms with Crippen LogP contribution in [0, 0.1) is 13.8 Å². The van der Waals surface area contributed by atoms with E-state index in [1.165, 1.54) is 5.56 Å². The minimum absolute atomic E-state index is 0.489. The van der Waals surface area contributed by atoms with Gasteiger partial charge in [0.15, 0.2) is 0 Å². The minimum Gasteiger partial charge on any atom is -0.368 e. The van der Waals surface area contributed by atoms with Crippen LogP contribution in [0.25, 0.3) is 5.70 Å². The van der Waals surface area contributed by atoms with Crippen molar-refractivity contribution < 1.29 is 0 Å². The molecule has 0 saturated carbocycles. The van der Waals surface area contributed by atoms with E-state index in [9.17, 15) is 0 Å². The van der Waals surface area contributed by atoms with Crippen molar-refractivity contribution in [1.29, 1.82) is 0 Å². The summed E-state index contributed by atoms with van der Waals surface area (Å²) < 4.78 is 0. The molecule has 4 N–H and O–H groups in total. The number of nitrogens with one attached hydrogen (secondary N) is 2. The molecule has 1 fully saturated rings. The number of aryl methyl sites for hydroxylation is 2. The first-order valence-corrected chi connectivity index (χ1v) is 10.8. The summed E-state index contributed by atoms with van der Waals surface area (Å²) in [5.74, 6) is 6.83. The number of hydrazine groups is 1. The van der Waals surface area contributed by atoms with Gasteiger partial charge in [0.2, 0.25) is 5.95 Å². The lowest BCUT2D eigenvalue weighted by molar-refractivity contribution is 0.0712. The summed E-state index contributed by atoms with van der Waals surface area (Å²) in [7, 11) is 0. The van der Waals surface area contributed by atoms with Crippen LogP contribution in [0.5, 0.6) is 0 Å². The molecule has 0 unspecified atom stereocenters. The fourth-order valence-corrected chi connectivity index (χ4v) is 4.36. The van der Waals surface area contributed by atoms with Gasteiger partial charge in [-0.2, -0.15) is 0 Å². The van der Waals surface area contributed by atoms with Gasteiger partial charge >= 0.3 is 0 Å². The monoisotopic (exact) mass is 428 g/mol. The number of nitrogens with two attached hydrogens (primary N) is 1. The molecule has 4 heterocycles. The molecule has 8 nitrogen and oxygen atoms in total. The highest BCUT2D eigenvalue weighted by Crippen LogP contribution is 2.31. The van der Waals surface area contributed by atoms with Gasteiger partial charge in [0.25, 0.3) is 0 Å². The van der Waals surface area contributed by atoms with Crippen molar-refractivity contribution in [2.24, 2.45) is 5.84 Å². The average molecular weight is 429 g/mol. The van der Waals surface area contributed by atoms with Gasteiger partial charge in [-0.3, -0.25) is 10.7 Å². The summed E-state index contributed by atoms with van der Waals surface area (Å²) in [6.45, 7) is 12.0. The maximum absolute atomic E-state index is 5.45. The Morgan fingerprint density at radius 2 is 1.88 bits per heavy atom. The minimum atomic E-state index is 0.489. The Kier molecular flexibility index (Phi) is 5.24. The molecular formula is C24H28N8. The van der Waals surface area contributed by atoms with E-state index in [0.717, 1.165) is 65.9 Å². The Morgan fingerprint density at radius 3 is 2.59 bits per heavy atom. The van der Waals surface area contributed by atoms with Crippen LogP contribution in [0.2, 0.25) is 0 Å². The lowest BCUT2D eigenvalue weighted by Crippen LogP contribution is -2.56. The molecule has 3 aromatic rings. The predicted octanol–water partition coefficient (Wildman–Crippen LogP) is 3.19. The molecule has 0 amide bonds. The van der Waals surface area contributed by atoms with Crippen LogP contribution in [0.1, 0.15) is 28.1 Å². The summed E-state index contributed by atoms with van der Waals surface area (Å²) >= 11 is 0. The van der Waals surface area contributed by atoms with E-state index >= 15 is 0 Å². The molecule has 2 aromatic heterocycles. The highest BCUT2D eigenvalue weighted by molar-refractivity contribution is 5.65. The second kappa shape index (κ2) is 8.22. The fraction of sp³-hybridized carbons (Fsp3) is 0.292. The second-order valence-electron chi connectivity index (χ2n) is 8.59. The van der Waals surface area contributed by atoms with E-state index in [-0.39, 0.29) is 0 Å². The maximum Gasteiger partial charge on any atom is 0.228 e. The van der Waals surface area contributed by atoms with Gasteiger partial charge in [-0.05, 0) is 49.2 Å². The highest BCUT2D eigenvalue weighted by Gasteiger charge is 2.36. The second-order valence-corrected chi connectivity index (χ2v) is 8.59. The molecule has 8 heteroatoms. The number of rotatable bonds is 6. The number of aromatic nitrogens is 3. The van der Waals surface area contributed by atoms with Gasteiger partial charge < -0.3 is 15.6 Å². The van der Waals surface area contributed by atoms with Gasteiger partial charge in [-0.15, -0.1) is 0 Å². The molecule has 0 spiro atoms. The van der Waals surface area contributed by atoms with E-state index in [1.54, 1.807) is 0 Å². The lowest BCUT2D eigenvalue weighted by Gasteiger charge is -2.46. The molecule has 0 atom stereocenters. The molecule has 2 aliphatic rings. The first kappa shape index (κ1) is 20.4. The third-order valence-electron chi connectivity index (χ3n) is 6.16. The third kappa shape index (κ3) is 4.02. The van der Waals surface area contributed by atoms with E-state index < -0.39 is 0 Å². The molecule has 32 heavy (non-hydrogen) atoms. The molecule has 0 radical (unpaired) electrons. The van der Waals surface area contributed by atoms with E-state index in [4.69, 9.17) is 10.8 Å². The van der Waals surface area contributed by atoms with Crippen molar-refractivity contribution in [3.8, 4) is 0 Å². The van der Waals surface area contributed by atoms with Gasteiger partial charge in [0.1, 0.15) is 5.82 Å². The van der Waals surface area contributed by atoms with Crippen molar-refractivity contribution in [2.45, 2.75) is 33.0 Å². The number of hydrogen-bond donors (Lipinski definition) is 3.